The Labute approximate surface area is 185 Å². The van der Waals surface area contributed by atoms with Crippen LogP contribution < -0.4 is 20.7 Å². The molecule has 2 fully saturated rings. The van der Waals surface area contributed by atoms with Gasteiger partial charge in [0.2, 0.25) is 11.8 Å². The number of hydrogen-bond acceptors (Lipinski definition) is 6. The van der Waals surface area contributed by atoms with Crippen molar-refractivity contribution in [3.8, 4) is 11.8 Å². The molecule has 1 aliphatic heterocycles. The molecule has 3 atom stereocenters. The lowest BCUT2D eigenvalue weighted by Crippen LogP contribution is -2.50. The Hall–Kier alpha value is -3.61. The number of fused-ring (bicyclic) bond motifs is 1. The average molecular weight is 438 g/mol. The van der Waals surface area contributed by atoms with E-state index in [-0.39, 0.29) is 18.2 Å². The lowest BCUT2D eigenvalue weighted by atomic mass is 9.98. The molecule has 10 nitrogen and oxygen atoms in total. The predicted molar refractivity (Wildman–Crippen MR) is 115 cm³/mol. The summed E-state index contributed by atoms with van der Waals surface area (Å²) in [6.45, 7) is 0.584. The predicted octanol–water partition coefficient (Wildman–Crippen LogP) is 1.00. The first-order chi connectivity index (χ1) is 15.5. The number of H-pyrrole nitrogens is 1. The maximum atomic E-state index is 13.0. The molecule has 1 aliphatic carbocycles. The smallest absolute Gasteiger partial charge is 0.268 e. The molecule has 1 saturated heterocycles. The molecule has 3 amide bonds. The minimum atomic E-state index is -0.793. The zero-order valence-electron chi connectivity index (χ0n) is 17.8. The number of hydrogen-bond donors (Lipinski definition) is 4. The van der Waals surface area contributed by atoms with Crippen molar-refractivity contribution >= 4 is 28.6 Å². The molecular weight excluding hydrogens is 412 g/mol. The van der Waals surface area contributed by atoms with Crippen LogP contribution in [0.5, 0.6) is 5.75 Å². The van der Waals surface area contributed by atoms with Gasteiger partial charge in [-0.25, -0.2) is 0 Å². The van der Waals surface area contributed by atoms with Gasteiger partial charge in [0.1, 0.15) is 23.5 Å². The number of nitrogens with one attached hydrogen (secondary N) is 4. The first-order valence-electron chi connectivity index (χ1n) is 10.8. The third kappa shape index (κ3) is 4.82. The fourth-order valence-electron chi connectivity index (χ4n) is 4.04. The summed E-state index contributed by atoms with van der Waals surface area (Å²) in [6, 6.07) is 2.17. The second kappa shape index (κ2) is 9.26. The third-order valence-electron chi connectivity index (χ3n) is 6.02. The first kappa shape index (κ1) is 21.6. The molecule has 2 aliphatic rings. The fourth-order valence-corrected chi connectivity index (χ4v) is 4.04. The highest BCUT2D eigenvalue weighted by molar-refractivity contribution is 6.01. The molecule has 0 radical (unpaired) electrons. The SMILES string of the molecule is COc1cncc2[nH]c(C(=O)N[C@@H](CC3CC3)C(=O)N[C@H](C#N)CC3CCNC3=O)cc12. The van der Waals surface area contributed by atoms with Crippen molar-refractivity contribution < 1.29 is 19.1 Å². The van der Waals surface area contributed by atoms with E-state index in [4.69, 9.17) is 4.74 Å². The van der Waals surface area contributed by atoms with Crippen LogP contribution in [-0.2, 0) is 9.59 Å². The number of aromatic nitrogens is 2. The number of nitrogens with zero attached hydrogens (tertiary/aromatic N) is 2. The van der Waals surface area contributed by atoms with Crippen LogP contribution in [0.3, 0.4) is 0 Å². The molecule has 168 valence electrons. The molecular formula is C22H26N6O4. The van der Waals surface area contributed by atoms with Gasteiger partial charge in [0.25, 0.3) is 5.91 Å². The van der Waals surface area contributed by atoms with Crippen LogP contribution in [0.4, 0.5) is 0 Å². The molecule has 0 spiro atoms. The van der Waals surface area contributed by atoms with E-state index in [9.17, 15) is 19.6 Å². The topological polar surface area (TPSA) is 149 Å². The summed E-state index contributed by atoms with van der Waals surface area (Å²) >= 11 is 0. The van der Waals surface area contributed by atoms with Gasteiger partial charge in [-0.3, -0.25) is 19.4 Å². The first-order valence-corrected chi connectivity index (χ1v) is 10.8. The van der Waals surface area contributed by atoms with E-state index in [2.05, 4.69) is 32.0 Å². The lowest BCUT2D eigenvalue weighted by Gasteiger charge is -2.21. The number of amides is 3. The lowest BCUT2D eigenvalue weighted by molar-refractivity contribution is -0.125. The van der Waals surface area contributed by atoms with Crippen molar-refractivity contribution in [3.05, 3.63) is 24.2 Å². The molecule has 4 rings (SSSR count). The molecule has 1 unspecified atom stereocenters. The molecule has 2 aromatic rings. The molecule has 2 aromatic heterocycles. The summed E-state index contributed by atoms with van der Waals surface area (Å²) in [5, 5.41) is 18.5. The van der Waals surface area contributed by atoms with Gasteiger partial charge in [0, 0.05) is 17.8 Å². The van der Waals surface area contributed by atoms with Gasteiger partial charge in [-0.1, -0.05) is 12.8 Å². The van der Waals surface area contributed by atoms with E-state index in [1.807, 2.05) is 0 Å². The largest absolute Gasteiger partial charge is 0.494 e. The Morgan fingerprint density at radius 2 is 2.09 bits per heavy atom. The number of rotatable bonds is 9. The normalized spacial score (nSPS) is 19.6. The third-order valence-corrected chi connectivity index (χ3v) is 6.02. The minimum Gasteiger partial charge on any atom is -0.494 e. The monoisotopic (exact) mass is 438 g/mol. The number of pyridine rings is 1. The number of aromatic amines is 1. The van der Waals surface area contributed by atoms with Crippen molar-refractivity contribution in [3.63, 3.8) is 0 Å². The van der Waals surface area contributed by atoms with Crippen LogP contribution in [0.2, 0.25) is 0 Å². The number of nitriles is 1. The van der Waals surface area contributed by atoms with Gasteiger partial charge in [-0.05, 0) is 31.2 Å². The average Bonchev–Trinajstić information content (AvgIpc) is 3.35. The maximum absolute atomic E-state index is 13.0. The van der Waals surface area contributed by atoms with Crippen LogP contribution in [0.15, 0.2) is 18.5 Å². The molecule has 4 N–H and O–H groups in total. The summed E-state index contributed by atoms with van der Waals surface area (Å²) in [5.41, 5.74) is 0.941. The van der Waals surface area contributed by atoms with Gasteiger partial charge in [-0.2, -0.15) is 5.26 Å². The number of carbonyl (C=O) groups excluding carboxylic acids is 3. The molecule has 1 saturated carbocycles. The van der Waals surface area contributed by atoms with Crippen molar-refractivity contribution in [2.24, 2.45) is 11.8 Å². The Kier molecular flexibility index (Phi) is 6.25. The van der Waals surface area contributed by atoms with Crippen LogP contribution in [-0.4, -0.2) is 53.4 Å². The number of carbonyl (C=O) groups is 3. The van der Waals surface area contributed by atoms with Gasteiger partial charge in [-0.15, -0.1) is 0 Å². The summed E-state index contributed by atoms with van der Waals surface area (Å²) < 4.78 is 5.28. The number of ether oxygens (including phenoxy) is 1. The highest BCUT2D eigenvalue weighted by Crippen LogP contribution is 2.34. The van der Waals surface area contributed by atoms with Crippen LogP contribution in [0.25, 0.3) is 10.9 Å². The van der Waals surface area contributed by atoms with Crippen LogP contribution in [0, 0.1) is 23.2 Å². The van der Waals surface area contributed by atoms with Crippen molar-refractivity contribution in [2.75, 3.05) is 13.7 Å². The second-order valence-corrected chi connectivity index (χ2v) is 8.39. The second-order valence-electron chi connectivity index (χ2n) is 8.39. The highest BCUT2D eigenvalue weighted by Gasteiger charge is 2.33. The summed E-state index contributed by atoms with van der Waals surface area (Å²) in [5.74, 6) is -0.298. The Morgan fingerprint density at radius 1 is 1.28 bits per heavy atom. The van der Waals surface area contributed by atoms with Gasteiger partial charge >= 0.3 is 0 Å². The van der Waals surface area contributed by atoms with E-state index in [0.29, 0.717) is 42.3 Å². The zero-order chi connectivity index (χ0) is 22.7. The van der Waals surface area contributed by atoms with E-state index in [1.54, 1.807) is 18.5 Å². The van der Waals surface area contributed by atoms with Crippen LogP contribution in [0.1, 0.15) is 42.6 Å². The van der Waals surface area contributed by atoms with Gasteiger partial charge in [0.05, 0.1) is 31.1 Å². The standard InChI is InChI=1S/C22H26N6O4/c1-32-19-11-24-10-18-15(19)8-17(27-18)22(31)28-16(6-12-2-3-12)21(30)26-14(9-23)7-13-4-5-25-20(13)29/h8,10-14,16,27H,2-7H2,1H3,(H,25,29)(H,26,30)(H,28,31)/t13?,14-,16-/m0/s1. The fraction of sp³-hybridized carbons (Fsp3) is 0.500. The van der Waals surface area contributed by atoms with E-state index in [1.165, 1.54) is 7.11 Å². The molecule has 10 heteroatoms. The molecule has 32 heavy (non-hydrogen) atoms. The Balaban J connectivity index is 1.44. The molecule has 3 heterocycles. The number of methoxy groups -OCH3 is 1. The molecule has 0 aromatic carbocycles. The van der Waals surface area contributed by atoms with E-state index in [0.717, 1.165) is 18.2 Å². The van der Waals surface area contributed by atoms with Gasteiger partial charge < -0.3 is 25.7 Å². The summed E-state index contributed by atoms with van der Waals surface area (Å²) in [7, 11) is 1.53. The van der Waals surface area contributed by atoms with E-state index >= 15 is 0 Å². The minimum absolute atomic E-state index is 0.0916. The van der Waals surface area contributed by atoms with Gasteiger partial charge in [0.15, 0.2) is 0 Å². The van der Waals surface area contributed by atoms with Crippen molar-refractivity contribution in [1.29, 1.82) is 5.26 Å². The van der Waals surface area contributed by atoms with E-state index < -0.39 is 23.9 Å². The van der Waals surface area contributed by atoms with Crippen molar-refractivity contribution in [2.45, 2.75) is 44.2 Å². The quantitative estimate of drug-likeness (QED) is 0.459. The summed E-state index contributed by atoms with van der Waals surface area (Å²) in [4.78, 5) is 44.7. The molecule has 0 bridgehead atoms. The van der Waals surface area contributed by atoms with Crippen LogP contribution >= 0.6 is 0 Å². The Bertz CT molecular complexity index is 1070. The summed E-state index contributed by atoms with van der Waals surface area (Å²) in [6.07, 6.45) is 6.59. The zero-order valence-corrected chi connectivity index (χ0v) is 17.8. The highest BCUT2D eigenvalue weighted by atomic mass is 16.5. The Morgan fingerprint density at radius 3 is 2.75 bits per heavy atom. The van der Waals surface area contributed by atoms with Crippen molar-refractivity contribution in [1.82, 2.24) is 25.9 Å². The maximum Gasteiger partial charge on any atom is 0.268 e.